The van der Waals surface area contributed by atoms with Crippen molar-refractivity contribution in [2.45, 2.75) is 39.7 Å². The summed E-state index contributed by atoms with van der Waals surface area (Å²) in [6.07, 6.45) is 2.15. The fourth-order valence-electron chi connectivity index (χ4n) is 2.20. The van der Waals surface area contributed by atoms with Crippen molar-refractivity contribution in [1.82, 2.24) is 10.2 Å². The van der Waals surface area contributed by atoms with Crippen molar-refractivity contribution in [3.63, 3.8) is 0 Å². The van der Waals surface area contributed by atoms with Crippen molar-refractivity contribution in [1.29, 1.82) is 0 Å². The lowest BCUT2D eigenvalue weighted by atomic mass is 9.73. The number of hydrogen-bond acceptors (Lipinski definition) is 2. The molecule has 1 heterocycles. The molecule has 0 radical (unpaired) electrons. The fraction of sp³-hybridized carbons (Fsp3) is 0.917. The first kappa shape index (κ1) is 12.5. The van der Waals surface area contributed by atoms with Crippen LogP contribution in [-0.2, 0) is 4.79 Å². The molecule has 0 aromatic carbocycles. The summed E-state index contributed by atoms with van der Waals surface area (Å²) >= 11 is 0. The van der Waals surface area contributed by atoms with Gasteiger partial charge in [-0.2, -0.15) is 0 Å². The third-order valence-corrected chi connectivity index (χ3v) is 3.37. The Morgan fingerprint density at radius 3 is 2.40 bits per heavy atom. The minimum atomic E-state index is 0.0259. The maximum atomic E-state index is 11.8. The first-order valence-electron chi connectivity index (χ1n) is 5.77. The summed E-state index contributed by atoms with van der Waals surface area (Å²) < 4.78 is 0. The Morgan fingerprint density at radius 2 is 1.93 bits per heavy atom. The van der Waals surface area contributed by atoms with Crippen molar-refractivity contribution < 1.29 is 4.79 Å². The van der Waals surface area contributed by atoms with Gasteiger partial charge in [-0.05, 0) is 30.7 Å². The van der Waals surface area contributed by atoms with E-state index in [2.05, 4.69) is 26.1 Å². The molecule has 0 aliphatic carbocycles. The normalized spacial score (nSPS) is 27.5. The monoisotopic (exact) mass is 212 g/mol. The molecule has 0 saturated carbocycles. The van der Waals surface area contributed by atoms with Crippen LogP contribution in [0.2, 0.25) is 0 Å². The molecule has 1 N–H and O–H groups in total. The highest BCUT2D eigenvalue weighted by atomic mass is 16.2. The number of rotatable bonds is 1. The van der Waals surface area contributed by atoms with Gasteiger partial charge in [-0.3, -0.25) is 4.79 Å². The lowest BCUT2D eigenvalue weighted by molar-refractivity contribution is -0.132. The van der Waals surface area contributed by atoms with E-state index in [4.69, 9.17) is 0 Å². The van der Waals surface area contributed by atoms with Gasteiger partial charge in [-0.25, -0.2) is 0 Å². The van der Waals surface area contributed by atoms with Crippen LogP contribution in [0.1, 0.15) is 33.6 Å². The van der Waals surface area contributed by atoms with E-state index in [9.17, 15) is 4.79 Å². The fourth-order valence-corrected chi connectivity index (χ4v) is 2.20. The molecule has 15 heavy (non-hydrogen) atoms. The average Bonchev–Trinajstić information content (AvgIpc) is 2.15. The van der Waals surface area contributed by atoms with Crippen molar-refractivity contribution in [2.24, 2.45) is 11.3 Å². The number of carbonyl (C=O) groups excluding carboxylic acids is 1. The number of piperidine rings is 1. The van der Waals surface area contributed by atoms with E-state index < -0.39 is 0 Å². The Kier molecular flexibility index (Phi) is 3.77. The van der Waals surface area contributed by atoms with Crippen LogP contribution in [0.5, 0.6) is 0 Å². The molecule has 0 spiro atoms. The molecule has 1 aliphatic rings. The largest absolute Gasteiger partial charge is 0.347 e. The van der Waals surface area contributed by atoms with Gasteiger partial charge in [0.1, 0.15) is 0 Å². The molecule has 88 valence electrons. The van der Waals surface area contributed by atoms with Crippen LogP contribution >= 0.6 is 0 Å². The summed E-state index contributed by atoms with van der Waals surface area (Å²) in [6, 6.07) is 0.0259. The van der Waals surface area contributed by atoms with E-state index in [1.165, 1.54) is 6.42 Å². The number of amides is 1. The number of nitrogens with one attached hydrogen (secondary N) is 1. The summed E-state index contributed by atoms with van der Waals surface area (Å²) in [7, 11) is 3.65. The first-order chi connectivity index (χ1) is 6.82. The predicted octanol–water partition coefficient (Wildman–Crippen LogP) is 1.49. The lowest BCUT2D eigenvalue weighted by Crippen LogP contribution is -2.50. The van der Waals surface area contributed by atoms with Crippen LogP contribution in [0.15, 0.2) is 0 Å². The third kappa shape index (κ3) is 3.20. The molecule has 2 atom stereocenters. The highest BCUT2D eigenvalue weighted by Crippen LogP contribution is 2.34. The van der Waals surface area contributed by atoms with Gasteiger partial charge in [0.2, 0.25) is 5.91 Å². The van der Waals surface area contributed by atoms with Crippen LogP contribution in [0, 0.1) is 11.3 Å². The first-order valence-corrected chi connectivity index (χ1v) is 5.77. The molecule has 1 fully saturated rings. The smallest absolute Gasteiger partial charge is 0.239 e. The lowest BCUT2D eigenvalue weighted by Gasteiger charge is -2.38. The van der Waals surface area contributed by atoms with E-state index in [1.54, 1.807) is 4.90 Å². The second-order valence-electron chi connectivity index (χ2n) is 5.83. The zero-order chi connectivity index (χ0) is 11.6. The van der Waals surface area contributed by atoms with E-state index in [0.29, 0.717) is 11.3 Å². The number of carbonyl (C=O) groups is 1. The van der Waals surface area contributed by atoms with E-state index in [1.807, 2.05) is 14.1 Å². The molecule has 0 aromatic rings. The van der Waals surface area contributed by atoms with Gasteiger partial charge in [0.15, 0.2) is 0 Å². The Bertz CT molecular complexity index is 230. The summed E-state index contributed by atoms with van der Waals surface area (Å²) in [6.45, 7) is 7.76. The van der Waals surface area contributed by atoms with Crippen molar-refractivity contribution in [3.8, 4) is 0 Å². The van der Waals surface area contributed by atoms with E-state index >= 15 is 0 Å². The summed E-state index contributed by atoms with van der Waals surface area (Å²) in [4.78, 5) is 13.5. The predicted molar refractivity (Wildman–Crippen MR) is 62.7 cm³/mol. The molecule has 1 aliphatic heterocycles. The van der Waals surface area contributed by atoms with Crippen molar-refractivity contribution >= 4 is 5.91 Å². The molecular formula is C12H24N2O. The second-order valence-corrected chi connectivity index (χ2v) is 5.83. The maximum absolute atomic E-state index is 11.8. The van der Waals surface area contributed by atoms with Gasteiger partial charge in [-0.1, -0.05) is 20.8 Å². The SMILES string of the molecule is CN(C)C(=O)C1CC(C(C)(C)C)CCN1. The molecule has 0 aromatic heterocycles. The van der Waals surface area contributed by atoms with Crippen LogP contribution in [0.25, 0.3) is 0 Å². The summed E-state index contributed by atoms with van der Waals surface area (Å²) in [5.74, 6) is 0.858. The second kappa shape index (κ2) is 4.52. The minimum absolute atomic E-state index is 0.0259. The molecule has 2 unspecified atom stereocenters. The highest BCUT2D eigenvalue weighted by molar-refractivity contribution is 5.81. The van der Waals surface area contributed by atoms with Crippen LogP contribution < -0.4 is 5.32 Å². The third-order valence-electron chi connectivity index (χ3n) is 3.37. The Hall–Kier alpha value is -0.570. The van der Waals surface area contributed by atoms with Gasteiger partial charge in [0.25, 0.3) is 0 Å². The molecule has 3 nitrogen and oxygen atoms in total. The van der Waals surface area contributed by atoms with Gasteiger partial charge in [0, 0.05) is 14.1 Å². The Morgan fingerprint density at radius 1 is 1.33 bits per heavy atom. The minimum Gasteiger partial charge on any atom is -0.347 e. The highest BCUT2D eigenvalue weighted by Gasteiger charge is 2.33. The standard InChI is InChI=1S/C12H24N2O/c1-12(2,3)9-6-7-13-10(8-9)11(15)14(4)5/h9-10,13H,6-8H2,1-5H3. The topological polar surface area (TPSA) is 32.3 Å². The molecule has 3 heteroatoms. The summed E-state index contributed by atoms with van der Waals surface area (Å²) in [5, 5.41) is 3.31. The van der Waals surface area contributed by atoms with Crippen LogP contribution in [-0.4, -0.2) is 37.5 Å². The maximum Gasteiger partial charge on any atom is 0.239 e. The van der Waals surface area contributed by atoms with E-state index in [-0.39, 0.29) is 11.9 Å². The van der Waals surface area contributed by atoms with Crippen LogP contribution in [0.4, 0.5) is 0 Å². The zero-order valence-electron chi connectivity index (χ0n) is 10.6. The molecule has 1 amide bonds. The quantitative estimate of drug-likeness (QED) is 0.714. The van der Waals surface area contributed by atoms with E-state index in [0.717, 1.165) is 13.0 Å². The Balaban J connectivity index is 2.60. The summed E-state index contributed by atoms with van der Waals surface area (Å²) in [5.41, 5.74) is 0.312. The number of nitrogens with zero attached hydrogens (tertiary/aromatic N) is 1. The number of hydrogen-bond donors (Lipinski definition) is 1. The van der Waals surface area contributed by atoms with Gasteiger partial charge < -0.3 is 10.2 Å². The van der Waals surface area contributed by atoms with Gasteiger partial charge in [-0.15, -0.1) is 0 Å². The molecule has 1 saturated heterocycles. The number of likely N-dealkylation sites (N-methyl/N-ethyl adjacent to an activating group) is 1. The zero-order valence-corrected chi connectivity index (χ0v) is 10.6. The van der Waals surface area contributed by atoms with Gasteiger partial charge >= 0.3 is 0 Å². The average molecular weight is 212 g/mol. The Labute approximate surface area is 93.2 Å². The molecule has 1 rings (SSSR count). The molecular weight excluding hydrogens is 188 g/mol. The van der Waals surface area contributed by atoms with Crippen molar-refractivity contribution in [2.75, 3.05) is 20.6 Å². The van der Waals surface area contributed by atoms with Crippen molar-refractivity contribution in [3.05, 3.63) is 0 Å². The molecule has 0 bridgehead atoms. The van der Waals surface area contributed by atoms with Gasteiger partial charge in [0.05, 0.1) is 6.04 Å². The van der Waals surface area contributed by atoms with Crippen LogP contribution in [0.3, 0.4) is 0 Å².